The van der Waals surface area contributed by atoms with Crippen molar-refractivity contribution in [2.75, 3.05) is 19.0 Å². The topological polar surface area (TPSA) is 44.1 Å². The highest BCUT2D eigenvalue weighted by atomic mass is 32.2. The van der Waals surface area contributed by atoms with E-state index in [1.165, 1.54) is 0 Å². The van der Waals surface area contributed by atoms with Crippen molar-refractivity contribution >= 4 is 22.7 Å². The molecule has 0 atom stereocenters. The van der Waals surface area contributed by atoms with Crippen molar-refractivity contribution in [3.8, 4) is 0 Å². The minimum atomic E-state index is 0.0669. The number of aromatic nitrogens is 2. The second-order valence-electron chi connectivity index (χ2n) is 6.37. The molecule has 132 valence electrons. The first-order valence-electron chi connectivity index (χ1n) is 8.83. The Hall–Kier alpha value is -1.33. The van der Waals surface area contributed by atoms with E-state index in [9.17, 15) is 4.79 Å². The average Bonchev–Trinajstić information content (AvgIpc) is 2.57. The van der Waals surface area contributed by atoms with Crippen LogP contribution in [0.15, 0.2) is 34.2 Å². The molecule has 2 rings (SSSR count). The summed E-state index contributed by atoms with van der Waals surface area (Å²) in [5, 5.41) is 1.51. The van der Waals surface area contributed by atoms with E-state index in [0.717, 1.165) is 48.8 Å². The maximum absolute atomic E-state index is 12.7. The summed E-state index contributed by atoms with van der Waals surface area (Å²) >= 11 is 1.61. The predicted octanol–water partition coefficient (Wildman–Crippen LogP) is 4.35. The lowest BCUT2D eigenvalue weighted by molar-refractivity contribution is 0.138. The zero-order chi connectivity index (χ0) is 17.4. The lowest BCUT2D eigenvalue weighted by atomic mass is 10.1. The van der Waals surface area contributed by atoms with Crippen LogP contribution >= 0.6 is 11.8 Å². The number of para-hydroxylation sites is 1. The molecule has 1 aromatic heterocycles. The first kappa shape index (κ1) is 19.0. The normalized spacial score (nSPS) is 11.5. The molecule has 0 saturated carbocycles. The molecule has 0 spiro atoms. The summed E-state index contributed by atoms with van der Waals surface area (Å²) in [6, 6.07) is 7.58. The number of thioether (sulfide) groups is 1. The van der Waals surface area contributed by atoms with E-state index < -0.39 is 0 Å². The fraction of sp³-hybridized carbons (Fsp3) is 0.579. The quantitative estimate of drug-likeness (QED) is 0.364. The molecule has 0 unspecified atom stereocenters. The zero-order valence-electron chi connectivity index (χ0n) is 15.0. The van der Waals surface area contributed by atoms with Gasteiger partial charge in [-0.05, 0) is 30.9 Å². The van der Waals surface area contributed by atoms with Gasteiger partial charge in [0.05, 0.1) is 17.5 Å². The Labute approximate surface area is 148 Å². The van der Waals surface area contributed by atoms with Crippen LogP contribution in [0.2, 0.25) is 0 Å². The Morgan fingerprint density at radius 3 is 2.79 bits per heavy atom. The first-order chi connectivity index (χ1) is 11.6. The number of ether oxygens (including phenoxy) is 1. The Morgan fingerprint density at radius 1 is 1.25 bits per heavy atom. The van der Waals surface area contributed by atoms with Gasteiger partial charge in [-0.2, -0.15) is 0 Å². The molecule has 1 heterocycles. The number of rotatable bonds is 10. The third-order valence-electron chi connectivity index (χ3n) is 3.86. The van der Waals surface area contributed by atoms with Gasteiger partial charge in [-0.3, -0.25) is 9.36 Å². The van der Waals surface area contributed by atoms with E-state index in [2.05, 4.69) is 20.8 Å². The zero-order valence-corrected chi connectivity index (χ0v) is 15.8. The van der Waals surface area contributed by atoms with E-state index in [4.69, 9.17) is 9.72 Å². The Balaban J connectivity index is 2.08. The molecule has 4 nitrogen and oxygen atoms in total. The van der Waals surface area contributed by atoms with E-state index in [-0.39, 0.29) is 5.56 Å². The third-order valence-corrected chi connectivity index (χ3v) is 4.80. The number of hydrogen-bond acceptors (Lipinski definition) is 4. The molecule has 24 heavy (non-hydrogen) atoms. The summed E-state index contributed by atoms with van der Waals surface area (Å²) in [6.45, 7) is 8.74. The van der Waals surface area contributed by atoms with Crippen molar-refractivity contribution < 1.29 is 4.74 Å². The van der Waals surface area contributed by atoms with Gasteiger partial charge < -0.3 is 4.74 Å². The SMILES string of the molecule is CCCCn1c(SCCOCCC(C)C)nc2ccccc2c1=O. The van der Waals surface area contributed by atoms with Crippen LogP contribution < -0.4 is 5.56 Å². The second-order valence-corrected chi connectivity index (χ2v) is 7.43. The molecule has 0 saturated heterocycles. The number of benzene rings is 1. The Bertz CT molecular complexity index is 697. The fourth-order valence-corrected chi connectivity index (χ4v) is 3.26. The van der Waals surface area contributed by atoms with Crippen LogP contribution in [-0.2, 0) is 11.3 Å². The summed E-state index contributed by atoms with van der Waals surface area (Å²) in [6.07, 6.45) is 3.13. The molecule has 1 aromatic carbocycles. The highest BCUT2D eigenvalue weighted by Crippen LogP contribution is 2.18. The maximum atomic E-state index is 12.7. The van der Waals surface area contributed by atoms with Crippen LogP contribution in [0.5, 0.6) is 0 Å². The predicted molar refractivity (Wildman–Crippen MR) is 102 cm³/mol. The third kappa shape index (κ3) is 5.35. The molecular formula is C19H28N2O2S. The van der Waals surface area contributed by atoms with Crippen LogP contribution in [0.25, 0.3) is 10.9 Å². The maximum Gasteiger partial charge on any atom is 0.262 e. The van der Waals surface area contributed by atoms with E-state index in [1.54, 1.807) is 11.8 Å². The summed E-state index contributed by atoms with van der Waals surface area (Å²) in [4.78, 5) is 17.4. The largest absolute Gasteiger partial charge is 0.381 e. The highest BCUT2D eigenvalue weighted by molar-refractivity contribution is 7.99. The van der Waals surface area contributed by atoms with Gasteiger partial charge in [0, 0.05) is 18.9 Å². The minimum absolute atomic E-state index is 0.0669. The monoisotopic (exact) mass is 348 g/mol. The van der Waals surface area contributed by atoms with E-state index >= 15 is 0 Å². The van der Waals surface area contributed by atoms with Crippen molar-refractivity contribution in [3.05, 3.63) is 34.6 Å². The van der Waals surface area contributed by atoms with Gasteiger partial charge in [-0.25, -0.2) is 4.98 Å². The van der Waals surface area contributed by atoms with Crippen LogP contribution in [-0.4, -0.2) is 28.5 Å². The molecule has 0 aliphatic carbocycles. The van der Waals surface area contributed by atoms with Crippen LogP contribution in [0, 0.1) is 5.92 Å². The highest BCUT2D eigenvalue weighted by Gasteiger charge is 2.11. The molecule has 0 fully saturated rings. The Kier molecular flexibility index (Phi) is 7.79. The van der Waals surface area contributed by atoms with Crippen molar-refractivity contribution in [1.29, 1.82) is 0 Å². The van der Waals surface area contributed by atoms with Gasteiger partial charge in [0.2, 0.25) is 0 Å². The fourth-order valence-electron chi connectivity index (χ4n) is 2.38. The number of fused-ring (bicyclic) bond motifs is 1. The van der Waals surface area contributed by atoms with Gasteiger partial charge in [0.1, 0.15) is 0 Å². The van der Waals surface area contributed by atoms with Crippen LogP contribution in [0.4, 0.5) is 0 Å². The van der Waals surface area contributed by atoms with Crippen LogP contribution in [0.3, 0.4) is 0 Å². The summed E-state index contributed by atoms with van der Waals surface area (Å²) in [5.41, 5.74) is 0.843. The van der Waals surface area contributed by atoms with Crippen LogP contribution in [0.1, 0.15) is 40.0 Å². The molecule has 0 amide bonds. The molecule has 0 aliphatic rings. The Morgan fingerprint density at radius 2 is 2.04 bits per heavy atom. The molecule has 0 bridgehead atoms. The van der Waals surface area contributed by atoms with Crippen molar-refractivity contribution in [1.82, 2.24) is 9.55 Å². The van der Waals surface area contributed by atoms with Gasteiger partial charge in [0.15, 0.2) is 5.16 Å². The second kappa shape index (κ2) is 9.84. The van der Waals surface area contributed by atoms with Gasteiger partial charge in [0.25, 0.3) is 5.56 Å². The standard InChI is InChI=1S/C19H28N2O2S/c1-4-5-11-21-18(22)16-8-6-7-9-17(16)20-19(21)24-14-13-23-12-10-15(2)3/h6-9,15H,4-5,10-14H2,1-3H3. The molecule has 5 heteroatoms. The van der Waals surface area contributed by atoms with Gasteiger partial charge >= 0.3 is 0 Å². The van der Waals surface area contributed by atoms with Crippen molar-refractivity contribution in [3.63, 3.8) is 0 Å². The average molecular weight is 349 g/mol. The summed E-state index contributed by atoms with van der Waals surface area (Å²) < 4.78 is 7.49. The summed E-state index contributed by atoms with van der Waals surface area (Å²) in [5.74, 6) is 1.48. The van der Waals surface area contributed by atoms with E-state index in [0.29, 0.717) is 17.9 Å². The molecule has 0 N–H and O–H groups in total. The lowest BCUT2D eigenvalue weighted by Crippen LogP contribution is -2.23. The molecule has 2 aromatic rings. The molecule has 0 aliphatic heterocycles. The van der Waals surface area contributed by atoms with Gasteiger partial charge in [-0.15, -0.1) is 0 Å². The first-order valence-corrected chi connectivity index (χ1v) is 9.82. The van der Waals surface area contributed by atoms with Gasteiger partial charge in [-0.1, -0.05) is 51.1 Å². The number of nitrogens with zero attached hydrogens (tertiary/aromatic N) is 2. The molecular weight excluding hydrogens is 320 g/mol. The van der Waals surface area contributed by atoms with E-state index in [1.807, 2.05) is 28.8 Å². The minimum Gasteiger partial charge on any atom is -0.381 e. The lowest BCUT2D eigenvalue weighted by Gasteiger charge is -2.13. The number of hydrogen-bond donors (Lipinski definition) is 0. The van der Waals surface area contributed by atoms with Crippen molar-refractivity contribution in [2.45, 2.75) is 51.7 Å². The smallest absolute Gasteiger partial charge is 0.262 e. The summed E-state index contributed by atoms with van der Waals surface area (Å²) in [7, 11) is 0. The van der Waals surface area contributed by atoms with Crippen molar-refractivity contribution in [2.24, 2.45) is 5.92 Å². The number of unbranched alkanes of at least 4 members (excludes halogenated alkanes) is 1. The molecule has 0 radical (unpaired) electrons.